The van der Waals surface area contributed by atoms with Crippen molar-refractivity contribution >= 4 is 24.3 Å². The summed E-state index contributed by atoms with van der Waals surface area (Å²) in [5, 5.41) is 3.74. The molecule has 1 aromatic carbocycles. The fourth-order valence-corrected chi connectivity index (χ4v) is 1.79. The molecule has 0 atom stereocenters. The molecule has 0 aliphatic carbocycles. The Morgan fingerprint density at radius 1 is 1.33 bits per heavy atom. The van der Waals surface area contributed by atoms with Crippen LogP contribution in [0.15, 0.2) is 40.2 Å². The van der Waals surface area contributed by atoms with Crippen molar-refractivity contribution in [2.24, 2.45) is 5.10 Å². The number of benzene rings is 1. The summed E-state index contributed by atoms with van der Waals surface area (Å²) in [5.41, 5.74) is 2.96. The van der Waals surface area contributed by atoms with Gasteiger partial charge in [0.2, 0.25) is 5.91 Å². The van der Waals surface area contributed by atoms with Crippen LogP contribution in [-0.2, 0) is 11.2 Å². The van der Waals surface area contributed by atoms with Crippen molar-refractivity contribution in [3.8, 4) is 0 Å². The molecule has 0 saturated heterocycles. The summed E-state index contributed by atoms with van der Waals surface area (Å²) >= 11 is 4.80. The van der Waals surface area contributed by atoms with Gasteiger partial charge in [-0.05, 0) is 29.9 Å². The molecular formula is C13H11FN4O2S. The van der Waals surface area contributed by atoms with Crippen LogP contribution in [0.2, 0.25) is 0 Å². The number of aromatic amines is 2. The lowest BCUT2D eigenvalue weighted by molar-refractivity contribution is -0.120. The number of rotatable bonds is 4. The second kappa shape index (κ2) is 6.71. The highest BCUT2D eigenvalue weighted by Gasteiger charge is 2.03. The molecule has 2 aromatic rings. The number of nitrogens with zero attached hydrogens (tertiary/aromatic N) is 1. The predicted octanol–water partition coefficient (Wildman–Crippen LogP) is 1.26. The maximum atomic E-state index is 12.7. The third-order valence-corrected chi connectivity index (χ3v) is 2.64. The lowest BCUT2D eigenvalue weighted by Gasteiger charge is -2.00. The van der Waals surface area contributed by atoms with Gasteiger partial charge in [-0.25, -0.2) is 9.82 Å². The summed E-state index contributed by atoms with van der Waals surface area (Å²) in [6, 6.07) is 6.88. The first-order valence-corrected chi connectivity index (χ1v) is 6.34. The highest BCUT2D eigenvalue weighted by Crippen LogP contribution is 1.99. The van der Waals surface area contributed by atoms with Crippen LogP contribution in [0.1, 0.15) is 11.3 Å². The minimum absolute atomic E-state index is 0.0612. The maximum absolute atomic E-state index is 12.7. The van der Waals surface area contributed by atoms with Gasteiger partial charge in [-0.2, -0.15) is 5.10 Å². The normalized spacial score (nSPS) is 10.7. The van der Waals surface area contributed by atoms with Crippen LogP contribution < -0.4 is 11.0 Å². The van der Waals surface area contributed by atoms with Gasteiger partial charge in [0, 0.05) is 11.8 Å². The van der Waals surface area contributed by atoms with Gasteiger partial charge in [0.1, 0.15) is 5.82 Å². The number of aromatic nitrogens is 2. The molecule has 0 saturated carbocycles. The third kappa shape index (κ3) is 4.77. The zero-order valence-electron chi connectivity index (χ0n) is 10.7. The molecule has 2 rings (SSSR count). The van der Waals surface area contributed by atoms with E-state index in [9.17, 15) is 14.0 Å². The minimum atomic E-state index is -0.412. The van der Waals surface area contributed by atoms with Crippen molar-refractivity contribution in [2.75, 3.05) is 0 Å². The molecule has 8 heteroatoms. The summed E-state index contributed by atoms with van der Waals surface area (Å²) in [6.45, 7) is 0. The summed E-state index contributed by atoms with van der Waals surface area (Å²) in [5.74, 6) is -0.759. The molecule has 108 valence electrons. The Bertz CT molecular complexity index is 751. The fourth-order valence-electron chi connectivity index (χ4n) is 1.55. The fraction of sp³-hybridized carbons (Fsp3) is 0.0769. The van der Waals surface area contributed by atoms with Crippen molar-refractivity contribution in [2.45, 2.75) is 6.42 Å². The quantitative estimate of drug-likeness (QED) is 0.451. The Kier molecular flexibility index (Phi) is 4.72. The van der Waals surface area contributed by atoms with E-state index in [-0.39, 0.29) is 22.6 Å². The number of H-pyrrole nitrogens is 2. The molecule has 0 radical (unpaired) electrons. The largest absolute Gasteiger partial charge is 0.335 e. The average molecular weight is 306 g/mol. The van der Waals surface area contributed by atoms with Gasteiger partial charge in [0.15, 0.2) is 4.77 Å². The van der Waals surface area contributed by atoms with Gasteiger partial charge in [-0.1, -0.05) is 12.1 Å². The van der Waals surface area contributed by atoms with Crippen LogP contribution in [-0.4, -0.2) is 22.1 Å². The maximum Gasteiger partial charge on any atom is 0.251 e. The Hall–Kier alpha value is -2.61. The summed E-state index contributed by atoms with van der Waals surface area (Å²) in [7, 11) is 0. The predicted molar refractivity (Wildman–Crippen MR) is 78.1 cm³/mol. The van der Waals surface area contributed by atoms with E-state index < -0.39 is 5.91 Å². The first kappa shape index (κ1) is 14.8. The molecule has 1 amide bonds. The lowest BCUT2D eigenvalue weighted by Crippen LogP contribution is -2.21. The number of halogens is 1. The van der Waals surface area contributed by atoms with Gasteiger partial charge < -0.3 is 4.98 Å². The second-order valence-corrected chi connectivity index (χ2v) is 4.54. The molecule has 0 spiro atoms. The highest BCUT2D eigenvalue weighted by molar-refractivity contribution is 7.71. The van der Waals surface area contributed by atoms with Crippen LogP contribution in [0.25, 0.3) is 0 Å². The lowest BCUT2D eigenvalue weighted by atomic mass is 10.2. The SMILES string of the molecule is O=C(Cc1cc(=O)[nH]c(=S)[nH]1)N/N=C\c1ccc(F)cc1. The second-order valence-electron chi connectivity index (χ2n) is 4.13. The molecule has 0 aliphatic heterocycles. The summed E-state index contributed by atoms with van der Waals surface area (Å²) < 4.78 is 12.8. The van der Waals surface area contributed by atoms with Crippen LogP contribution in [0.5, 0.6) is 0 Å². The van der Waals surface area contributed by atoms with Gasteiger partial charge in [-0.15, -0.1) is 0 Å². The summed E-state index contributed by atoms with van der Waals surface area (Å²) in [4.78, 5) is 27.9. The number of hydrogen-bond donors (Lipinski definition) is 3. The van der Waals surface area contributed by atoms with Gasteiger partial charge in [-0.3, -0.25) is 14.6 Å². The molecule has 6 nitrogen and oxygen atoms in total. The number of nitrogens with one attached hydrogen (secondary N) is 3. The zero-order chi connectivity index (χ0) is 15.2. The number of amides is 1. The average Bonchev–Trinajstić information content (AvgIpc) is 2.39. The standard InChI is InChI=1S/C13H11FN4O2S/c14-9-3-1-8(2-4-9)7-15-18-12(20)6-10-5-11(19)17-13(21)16-10/h1-5,7H,6H2,(H,18,20)(H2,16,17,19,21)/b15-7-. The van der Waals surface area contributed by atoms with E-state index in [2.05, 4.69) is 20.5 Å². The van der Waals surface area contributed by atoms with Crippen LogP contribution in [0.3, 0.4) is 0 Å². The molecule has 3 N–H and O–H groups in total. The number of hydrazone groups is 1. The molecule has 1 heterocycles. The molecule has 0 unspecified atom stereocenters. The van der Waals surface area contributed by atoms with Crippen LogP contribution in [0.4, 0.5) is 4.39 Å². The van der Waals surface area contributed by atoms with Crippen molar-refractivity contribution in [1.29, 1.82) is 0 Å². The highest BCUT2D eigenvalue weighted by atomic mass is 32.1. The van der Waals surface area contributed by atoms with Crippen LogP contribution in [0, 0.1) is 10.6 Å². The van der Waals surface area contributed by atoms with E-state index in [0.29, 0.717) is 11.3 Å². The molecule has 0 aliphatic rings. The molecule has 0 bridgehead atoms. The van der Waals surface area contributed by atoms with Crippen LogP contribution >= 0.6 is 12.2 Å². The van der Waals surface area contributed by atoms with E-state index >= 15 is 0 Å². The zero-order valence-corrected chi connectivity index (χ0v) is 11.5. The van der Waals surface area contributed by atoms with E-state index in [1.54, 1.807) is 0 Å². The Morgan fingerprint density at radius 3 is 2.71 bits per heavy atom. The Balaban J connectivity index is 1.94. The summed E-state index contributed by atoms with van der Waals surface area (Å²) in [6.07, 6.45) is 1.33. The van der Waals surface area contributed by atoms with E-state index in [0.717, 1.165) is 0 Å². The number of hydrogen-bond acceptors (Lipinski definition) is 4. The molecule has 0 fully saturated rings. The first-order valence-electron chi connectivity index (χ1n) is 5.93. The Morgan fingerprint density at radius 2 is 2.05 bits per heavy atom. The Labute approximate surface area is 123 Å². The number of carbonyl (C=O) groups excluding carboxylic acids is 1. The molecule has 1 aromatic heterocycles. The van der Waals surface area contributed by atoms with Gasteiger partial charge in [0.05, 0.1) is 12.6 Å². The third-order valence-electron chi connectivity index (χ3n) is 2.44. The van der Waals surface area contributed by atoms with Crippen molar-refractivity contribution in [1.82, 2.24) is 15.4 Å². The van der Waals surface area contributed by atoms with E-state index in [1.807, 2.05) is 0 Å². The molecule has 21 heavy (non-hydrogen) atoms. The first-order chi connectivity index (χ1) is 10.0. The monoisotopic (exact) mass is 306 g/mol. The van der Waals surface area contributed by atoms with E-state index in [1.165, 1.54) is 36.5 Å². The smallest absolute Gasteiger partial charge is 0.251 e. The van der Waals surface area contributed by atoms with E-state index in [4.69, 9.17) is 12.2 Å². The van der Waals surface area contributed by atoms with Gasteiger partial charge in [0.25, 0.3) is 5.56 Å². The van der Waals surface area contributed by atoms with Crippen molar-refractivity contribution in [3.05, 3.63) is 62.5 Å². The van der Waals surface area contributed by atoms with Gasteiger partial charge >= 0.3 is 0 Å². The topological polar surface area (TPSA) is 90.1 Å². The minimum Gasteiger partial charge on any atom is -0.335 e. The number of carbonyl (C=O) groups is 1. The molecular weight excluding hydrogens is 295 g/mol. The van der Waals surface area contributed by atoms with Crippen molar-refractivity contribution < 1.29 is 9.18 Å². The van der Waals surface area contributed by atoms with Crippen molar-refractivity contribution in [3.63, 3.8) is 0 Å².